The zero-order valence-corrected chi connectivity index (χ0v) is 17.1. The minimum atomic E-state index is -1.08. The van der Waals surface area contributed by atoms with Crippen molar-refractivity contribution in [1.29, 1.82) is 0 Å². The number of benzene rings is 1. The normalized spacial score (nSPS) is 23.0. The Morgan fingerprint density at radius 1 is 1.29 bits per heavy atom. The van der Waals surface area contributed by atoms with Crippen molar-refractivity contribution in [3.8, 4) is 11.5 Å². The predicted molar refractivity (Wildman–Crippen MR) is 106 cm³/mol. The van der Waals surface area contributed by atoms with Crippen LogP contribution in [0, 0.1) is 5.92 Å². The minimum Gasteiger partial charge on any atom is -0.508 e. The maximum atomic E-state index is 12.4. The van der Waals surface area contributed by atoms with E-state index in [9.17, 15) is 14.7 Å². The summed E-state index contributed by atoms with van der Waals surface area (Å²) in [7, 11) is 0. The molecule has 1 aliphatic carbocycles. The van der Waals surface area contributed by atoms with Gasteiger partial charge in [0.1, 0.15) is 23.6 Å². The van der Waals surface area contributed by atoms with Gasteiger partial charge in [0.15, 0.2) is 0 Å². The van der Waals surface area contributed by atoms with Crippen molar-refractivity contribution in [2.45, 2.75) is 64.4 Å². The average molecular weight is 387 g/mol. The maximum absolute atomic E-state index is 12.4. The van der Waals surface area contributed by atoms with Crippen molar-refractivity contribution < 1.29 is 24.5 Å². The molecule has 1 aliphatic heterocycles. The van der Waals surface area contributed by atoms with Gasteiger partial charge in [-0.3, -0.25) is 9.59 Å². The fourth-order valence-electron chi connectivity index (χ4n) is 4.28. The molecular weight excluding hydrogens is 358 g/mol. The summed E-state index contributed by atoms with van der Waals surface area (Å²) in [5, 5.41) is 22.1. The number of fused-ring (bicyclic) bond motifs is 3. The first-order chi connectivity index (χ1) is 12.9. The predicted octanol–water partition coefficient (Wildman–Crippen LogP) is 3.48. The Kier molecular flexibility index (Phi) is 4.94. The van der Waals surface area contributed by atoms with E-state index in [-0.39, 0.29) is 28.9 Å². The number of hydrogen-bond acceptors (Lipinski definition) is 4. The number of carbonyl (C=O) groups excluding carboxylic acids is 1. The number of nitrogens with one attached hydrogen (secondary N) is 1. The van der Waals surface area contributed by atoms with E-state index in [1.165, 1.54) is 0 Å². The van der Waals surface area contributed by atoms with Gasteiger partial charge in [-0.15, -0.1) is 0 Å². The average Bonchev–Trinajstić information content (AvgIpc) is 2.57. The molecule has 1 aromatic rings. The number of ether oxygens (including phenoxy) is 1. The molecule has 0 spiro atoms. The van der Waals surface area contributed by atoms with Crippen LogP contribution >= 0.6 is 0 Å². The second kappa shape index (κ2) is 6.83. The lowest BCUT2D eigenvalue weighted by Gasteiger charge is -2.47. The fourth-order valence-corrected chi connectivity index (χ4v) is 4.28. The zero-order valence-electron chi connectivity index (χ0n) is 17.1. The highest BCUT2D eigenvalue weighted by Gasteiger charge is 2.47. The summed E-state index contributed by atoms with van der Waals surface area (Å²) in [4.78, 5) is 23.1. The van der Waals surface area contributed by atoms with Crippen molar-refractivity contribution in [3.05, 3.63) is 34.9 Å². The number of allylic oxidation sites excluding steroid dienone is 1. The summed E-state index contributed by atoms with van der Waals surface area (Å²) in [6.07, 6.45) is 2.95. The first-order valence-electron chi connectivity index (χ1n) is 9.65. The van der Waals surface area contributed by atoms with Gasteiger partial charge in [-0.1, -0.05) is 26.8 Å². The molecule has 1 heterocycles. The molecule has 3 rings (SSSR count). The van der Waals surface area contributed by atoms with Gasteiger partial charge in [-0.2, -0.15) is 0 Å². The summed E-state index contributed by atoms with van der Waals surface area (Å²) in [6.45, 7) is 9.92. The van der Waals surface area contributed by atoms with Gasteiger partial charge in [-0.05, 0) is 49.8 Å². The highest BCUT2D eigenvalue weighted by atomic mass is 16.5. The van der Waals surface area contributed by atoms with Gasteiger partial charge in [-0.25, -0.2) is 0 Å². The number of carboxylic acids is 1. The van der Waals surface area contributed by atoms with Crippen LogP contribution in [0.2, 0.25) is 0 Å². The molecule has 0 aromatic heterocycles. The third kappa shape index (κ3) is 3.73. The van der Waals surface area contributed by atoms with Gasteiger partial charge in [0.2, 0.25) is 5.91 Å². The van der Waals surface area contributed by atoms with E-state index in [4.69, 9.17) is 9.84 Å². The number of amides is 1. The molecular formula is C22H29NO5. The number of carboxylic acid groups (broad SMARTS) is 1. The lowest BCUT2D eigenvalue weighted by molar-refractivity contribution is -0.137. The van der Waals surface area contributed by atoms with Crippen molar-refractivity contribution in [2.24, 2.45) is 5.92 Å². The Hall–Kier alpha value is -2.50. The highest BCUT2D eigenvalue weighted by Crippen LogP contribution is 2.54. The molecule has 3 N–H and O–H groups in total. The van der Waals surface area contributed by atoms with Crippen LogP contribution in [-0.2, 0) is 15.0 Å². The largest absolute Gasteiger partial charge is 0.508 e. The molecule has 1 amide bonds. The third-order valence-corrected chi connectivity index (χ3v) is 5.86. The number of phenolic OH excluding ortho intramolecular Hbond substituents is 1. The van der Waals surface area contributed by atoms with Gasteiger partial charge in [0.05, 0.1) is 0 Å². The third-order valence-electron chi connectivity index (χ3n) is 5.86. The van der Waals surface area contributed by atoms with E-state index in [2.05, 4.69) is 26.1 Å². The van der Waals surface area contributed by atoms with Crippen molar-refractivity contribution in [1.82, 2.24) is 5.32 Å². The van der Waals surface area contributed by atoms with Crippen LogP contribution in [0.4, 0.5) is 0 Å². The van der Waals surface area contributed by atoms with Crippen molar-refractivity contribution in [3.63, 3.8) is 0 Å². The molecule has 6 nitrogen and oxygen atoms in total. The van der Waals surface area contributed by atoms with Gasteiger partial charge < -0.3 is 20.3 Å². The van der Waals surface area contributed by atoms with Crippen LogP contribution < -0.4 is 10.1 Å². The quantitative estimate of drug-likeness (QED) is 0.738. The van der Waals surface area contributed by atoms with E-state index in [1.54, 1.807) is 6.07 Å². The van der Waals surface area contributed by atoms with Crippen LogP contribution in [0.3, 0.4) is 0 Å². The van der Waals surface area contributed by atoms with Gasteiger partial charge in [0, 0.05) is 23.0 Å². The molecule has 6 heteroatoms. The Balaban J connectivity index is 1.98. The lowest BCUT2D eigenvalue weighted by atomic mass is 9.66. The molecule has 0 fully saturated rings. The van der Waals surface area contributed by atoms with E-state index in [0.29, 0.717) is 24.2 Å². The molecule has 152 valence electrons. The Morgan fingerprint density at radius 3 is 2.57 bits per heavy atom. The second-order valence-electron chi connectivity index (χ2n) is 9.32. The highest BCUT2D eigenvalue weighted by molar-refractivity contribution is 5.95. The summed E-state index contributed by atoms with van der Waals surface area (Å²) in [5.41, 5.74) is 1.72. The van der Waals surface area contributed by atoms with E-state index in [1.807, 2.05) is 26.0 Å². The monoisotopic (exact) mass is 387 g/mol. The lowest BCUT2D eigenvalue weighted by Crippen LogP contribution is -2.46. The molecule has 0 saturated carbocycles. The Labute approximate surface area is 165 Å². The molecule has 0 saturated heterocycles. The molecule has 0 bridgehead atoms. The van der Waals surface area contributed by atoms with Crippen LogP contribution in [0.15, 0.2) is 23.8 Å². The zero-order chi connectivity index (χ0) is 20.9. The topological polar surface area (TPSA) is 95.9 Å². The molecule has 1 aromatic carbocycles. The first-order valence-corrected chi connectivity index (χ1v) is 9.65. The van der Waals surface area contributed by atoms with Gasteiger partial charge >= 0.3 is 5.97 Å². The molecule has 2 atom stereocenters. The number of aliphatic carboxylic acids is 1. The standard InChI is InChI=1S/C22H29NO5/c1-21(2,3)13-9-16(24)19-14-8-12(20(27)23-11-18(25)26)6-7-15(14)22(4,5)28-17(19)10-13/h6,9-10,14-15,24H,7-8,11H2,1-5H3,(H,23,27)(H,25,26)/t14-,15-/m1/s1. The van der Waals surface area contributed by atoms with E-state index >= 15 is 0 Å². The number of rotatable bonds is 3. The van der Waals surface area contributed by atoms with Crippen molar-refractivity contribution in [2.75, 3.05) is 6.54 Å². The number of phenols is 1. The van der Waals surface area contributed by atoms with Crippen LogP contribution in [-0.4, -0.2) is 34.2 Å². The molecule has 28 heavy (non-hydrogen) atoms. The number of hydrogen-bond donors (Lipinski definition) is 3. The van der Waals surface area contributed by atoms with E-state index in [0.717, 1.165) is 11.1 Å². The Morgan fingerprint density at radius 2 is 1.96 bits per heavy atom. The van der Waals surface area contributed by atoms with Crippen LogP contribution in [0.5, 0.6) is 11.5 Å². The number of aromatic hydroxyl groups is 1. The van der Waals surface area contributed by atoms with Crippen LogP contribution in [0.25, 0.3) is 0 Å². The van der Waals surface area contributed by atoms with Crippen LogP contribution in [0.1, 0.15) is 64.5 Å². The summed E-state index contributed by atoms with van der Waals surface area (Å²) >= 11 is 0. The Bertz CT molecular complexity index is 847. The smallest absolute Gasteiger partial charge is 0.322 e. The number of carbonyl (C=O) groups is 2. The van der Waals surface area contributed by atoms with Gasteiger partial charge in [0.25, 0.3) is 0 Å². The maximum Gasteiger partial charge on any atom is 0.322 e. The SMILES string of the molecule is CC(C)(C)c1cc(O)c2c(c1)OC(C)(C)[C@@H]1CC=C(C(=O)NCC(=O)O)C[C@@H]21. The molecule has 0 unspecified atom stereocenters. The first kappa shape index (κ1) is 20.2. The van der Waals surface area contributed by atoms with Crippen molar-refractivity contribution >= 4 is 11.9 Å². The summed E-state index contributed by atoms with van der Waals surface area (Å²) in [6, 6.07) is 3.79. The molecule has 0 radical (unpaired) electrons. The fraction of sp³-hybridized carbons (Fsp3) is 0.545. The molecule has 2 aliphatic rings. The summed E-state index contributed by atoms with van der Waals surface area (Å²) in [5.74, 6) is -0.528. The van der Waals surface area contributed by atoms with E-state index < -0.39 is 18.1 Å². The minimum absolute atomic E-state index is 0.0663. The summed E-state index contributed by atoms with van der Waals surface area (Å²) < 4.78 is 6.31. The second-order valence-corrected chi connectivity index (χ2v) is 9.32.